The number of carbonyl (C=O) groups is 1. The molecule has 1 N–H and O–H groups in total. The summed E-state index contributed by atoms with van der Waals surface area (Å²) in [6.45, 7) is 0. The minimum atomic E-state index is 0.00389. The van der Waals surface area contributed by atoms with Crippen LogP contribution >= 0.6 is 11.8 Å². The van der Waals surface area contributed by atoms with Gasteiger partial charge in [0, 0.05) is 23.4 Å². The Morgan fingerprint density at radius 3 is 2.50 bits per heavy atom. The van der Waals surface area contributed by atoms with E-state index >= 15 is 0 Å². The molecule has 0 unspecified atom stereocenters. The van der Waals surface area contributed by atoms with Gasteiger partial charge < -0.3 is 9.84 Å². The van der Waals surface area contributed by atoms with Crippen molar-refractivity contribution in [3.8, 4) is 11.4 Å². The van der Waals surface area contributed by atoms with Crippen molar-refractivity contribution in [1.82, 2.24) is 10.1 Å². The molecule has 1 heterocycles. The highest BCUT2D eigenvalue weighted by molar-refractivity contribution is 7.98. The van der Waals surface area contributed by atoms with Crippen LogP contribution in [-0.2, 0) is 10.5 Å². The van der Waals surface area contributed by atoms with Crippen molar-refractivity contribution in [2.45, 2.75) is 12.2 Å². The zero-order valence-electron chi connectivity index (χ0n) is 13.0. The number of para-hydroxylation sites is 1. The predicted octanol–water partition coefficient (Wildman–Crippen LogP) is 4.00. The van der Waals surface area contributed by atoms with E-state index in [1.165, 1.54) is 0 Å². The van der Waals surface area contributed by atoms with Crippen LogP contribution in [-0.4, -0.2) is 21.8 Å². The molecule has 0 aliphatic carbocycles. The molecule has 24 heavy (non-hydrogen) atoms. The maximum Gasteiger partial charge on any atom is 0.236 e. The summed E-state index contributed by atoms with van der Waals surface area (Å²) in [5.41, 5.74) is 1.75. The second kappa shape index (κ2) is 8.31. The fourth-order valence-corrected chi connectivity index (χ4v) is 2.85. The van der Waals surface area contributed by atoms with Crippen molar-refractivity contribution in [2.75, 3.05) is 11.1 Å². The van der Waals surface area contributed by atoms with Crippen molar-refractivity contribution in [1.29, 1.82) is 0 Å². The molecule has 2 aromatic carbocycles. The first-order valence-corrected chi connectivity index (χ1v) is 8.77. The number of rotatable bonds is 7. The van der Waals surface area contributed by atoms with Gasteiger partial charge in [0.2, 0.25) is 17.6 Å². The van der Waals surface area contributed by atoms with E-state index in [1.807, 2.05) is 60.7 Å². The van der Waals surface area contributed by atoms with Gasteiger partial charge in [0.15, 0.2) is 0 Å². The van der Waals surface area contributed by atoms with Crippen LogP contribution in [0.25, 0.3) is 11.4 Å². The SMILES string of the molecule is O=C(CCSCc1nc(-c2ccccc2)no1)Nc1ccccc1. The van der Waals surface area contributed by atoms with Gasteiger partial charge in [-0.25, -0.2) is 0 Å². The summed E-state index contributed by atoms with van der Waals surface area (Å²) in [5, 5.41) is 6.84. The molecule has 6 heteroatoms. The molecule has 0 aliphatic rings. The van der Waals surface area contributed by atoms with E-state index in [4.69, 9.17) is 4.52 Å². The third-order valence-corrected chi connectivity index (χ3v) is 4.20. The summed E-state index contributed by atoms with van der Waals surface area (Å²) in [6, 6.07) is 19.1. The van der Waals surface area contributed by atoms with Crippen LogP contribution in [0.2, 0.25) is 0 Å². The summed E-state index contributed by atoms with van der Waals surface area (Å²) in [5.74, 6) is 2.46. The number of hydrogen-bond donors (Lipinski definition) is 1. The van der Waals surface area contributed by atoms with Gasteiger partial charge in [-0.05, 0) is 12.1 Å². The van der Waals surface area contributed by atoms with Crippen molar-refractivity contribution in [2.24, 2.45) is 0 Å². The van der Waals surface area contributed by atoms with Crippen LogP contribution in [0.15, 0.2) is 65.2 Å². The van der Waals surface area contributed by atoms with Crippen LogP contribution < -0.4 is 5.32 Å². The molecule has 122 valence electrons. The highest BCUT2D eigenvalue weighted by Gasteiger charge is 2.09. The Labute approximate surface area is 144 Å². The quantitative estimate of drug-likeness (QED) is 0.659. The number of nitrogens with one attached hydrogen (secondary N) is 1. The summed E-state index contributed by atoms with van der Waals surface area (Å²) in [4.78, 5) is 16.2. The molecule has 0 spiro atoms. The smallest absolute Gasteiger partial charge is 0.236 e. The molecular formula is C18H17N3O2S. The molecule has 0 fully saturated rings. The van der Waals surface area contributed by atoms with Crippen molar-refractivity contribution >= 4 is 23.4 Å². The van der Waals surface area contributed by atoms with Gasteiger partial charge in [-0.3, -0.25) is 4.79 Å². The summed E-state index contributed by atoms with van der Waals surface area (Å²) in [7, 11) is 0. The Morgan fingerprint density at radius 1 is 1.04 bits per heavy atom. The second-order valence-electron chi connectivity index (χ2n) is 5.09. The van der Waals surface area contributed by atoms with E-state index in [2.05, 4.69) is 15.5 Å². The second-order valence-corrected chi connectivity index (χ2v) is 6.20. The molecule has 0 aliphatic heterocycles. The number of thioether (sulfide) groups is 1. The first-order valence-electron chi connectivity index (χ1n) is 7.62. The highest BCUT2D eigenvalue weighted by atomic mass is 32.2. The Balaban J connectivity index is 1.41. The summed E-state index contributed by atoms with van der Waals surface area (Å²) >= 11 is 1.60. The van der Waals surface area contributed by atoms with Crippen LogP contribution in [0.3, 0.4) is 0 Å². The zero-order chi connectivity index (χ0) is 16.6. The van der Waals surface area contributed by atoms with Crippen molar-refractivity contribution in [3.63, 3.8) is 0 Å². The molecule has 1 amide bonds. The van der Waals surface area contributed by atoms with E-state index in [0.717, 1.165) is 11.3 Å². The molecule has 0 bridgehead atoms. The zero-order valence-corrected chi connectivity index (χ0v) is 13.8. The average molecular weight is 339 g/mol. The molecule has 0 saturated carbocycles. The first kappa shape index (κ1) is 16.3. The Morgan fingerprint density at radius 2 is 1.75 bits per heavy atom. The minimum absolute atomic E-state index is 0.00389. The molecule has 3 aromatic rings. The van der Waals surface area contributed by atoms with Gasteiger partial charge in [-0.2, -0.15) is 16.7 Å². The first-order chi connectivity index (χ1) is 11.8. The van der Waals surface area contributed by atoms with Gasteiger partial charge in [-0.1, -0.05) is 53.7 Å². The van der Waals surface area contributed by atoms with Crippen LogP contribution in [0.5, 0.6) is 0 Å². The maximum absolute atomic E-state index is 11.8. The molecular weight excluding hydrogens is 322 g/mol. The topological polar surface area (TPSA) is 68.0 Å². The number of benzene rings is 2. The molecule has 0 radical (unpaired) electrons. The largest absolute Gasteiger partial charge is 0.338 e. The standard InChI is InChI=1S/C18H17N3O2S/c22-16(19-15-9-5-2-6-10-15)11-12-24-13-17-20-18(21-23-17)14-7-3-1-4-8-14/h1-10H,11-13H2,(H,19,22). The lowest BCUT2D eigenvalue weighted by Crippen LogP contribution is -2.12. The van der Waals surface area contributed by atoms with Gasteiger partial charge in [0.25, 0.3) is 0 Å². The normalized spacial score (nSPS) is 10.5. The van der Waals surface area contributed by atoms with Crippen LogP contribution in [0.1, 0.15) is 12.3 Å². The number of aromatic nitrogens is 2. The molecule has 1 aromatic heterocycles. The number of anilines is 1. The Hall–Kier alpha value is -2.60. The Bertz CT molecular complexity index is 775. The minimum Gasteiger partial charge on any atom is -0.338 e. The molecule has 0 atom stereocenters. The van der Waals surface area contributed by atoms with Gasteiger partial charge >= 0.3 is 0 Å². The number of carbonyl (C=O) groups excluding carboxylic acids is 1. The van der Waals surface area contributed by atoms with E-state index in [0.29, 0.717) is 29.6 Å². The van der Waals surface area contributed by atoms with Crippen LogP contribution in [0.4, 0.5) is 5.69 Å². The van der Waals surface area contributed by atoms with Gasteiger partial charge in [-0.15, -0.1) is 0 Å². The molecule has 0 saturated heterocycles. The van der Waals surface area contributed by atoms with E-state index in [9.17, 15) is 4.79 Å². The third kappa shape index (κ3) is 4.70. The predicted molar refractivity (Wildman–Crippen MR) is 95.6 cm³/mol. The summed E-state index contributed by atoms with van der Waals surface area (Å²) in [6.07, 6.45) is 0.444. The fraction of sp³-hybridized carbons (Fsp3) is 0.167. The lowest BCUT2D eigenvalue weighted by atomic mass is 10.2. The maximum atomic E-state index is 11.8. The van der Waals surface area contributed by atoms with Gasteiger partial charge in [0.05, 0.1) is 5.75 Å². The number of nitrogens with zero attached hydrogens (tertiary/aromatic N) is 2. The molecule has 5 nitrogen and oxygen atoms in total. The van der Waals surface area contributed by atoms with Crippen molar-refractivity contribution < 1.29 is 9.32 Å². The Kier molecular flexibility index (Phi) is 5.63. The molecule has 3 rings (SSSR count). The van der Waals surface area contributed by atoms with Crippen molar-refractivity contribution in [3.05, 3.63) is 66.6 Å². The summed E-state index contributed by atoms with van der Waals surface area (Å²) < 4.78 is 5.24. The highest BCUT2D eigenvalue weighted by Crippen LogP contribution is 2.18. The van der Waals surface area contributed by atoms with E-state index < -0.39 is 0 Å². The fourth-order valence-electron chi connectivity index (χ4n) is 2.09. The van der Waals surface area contributed by atoms with Crippen LogP contribution in [0, 0.1) is 0 Å². The van der Waals surface area contributed by atoms with E-state index in [1.54, 1.807) is 11.8 Å². The number of amides is 1. The number of hydrogen-bond acceptors (Lipinski definition) is 5. The van der Waals surface area contributed by atoms with Gasteiger partial charge in [0.1, 0.15) is 0 Å². The van der Waals surface area contributed by atoms with E-state index in [-0.39, 0.29) is 5.91 Å². The third-order valence-electron chi connectivity index (χ3n) is 3.26. The monoisotopic (exact) mass is 339 g/mol. The lowest BCUT2D eigenvalue weighted by Gasteiger charge is -2.04. The average Bonchev–Trinajstić information content (AvgIpc) is 3.09. The lowest BCUT2D eigenvalue weighted by molar-refractivity contribution is -0.115.